The van der Waals surface area contributed by atoms with Crippen molar-refractivity contribution in [1.82, 2.24) is 19.7 Å². The lowest BCUT2D eigenvalue weighted by Gasteiger charge is -2.38. The molecule has 1 saturated heterocycles. The van der Waals surface area contributed by atoms with E-state index in [1.165, 1.54) is 5.56 Å². The van der Waals surface area contributed by atoms with Crippen LogP contribution in [0.25, 0.3) is 11.0 Å². The second kappa shape index (κ2) is 7.12. The van der Waals surface area contributed by atoms with Crippen LogP contribution in [0.4, 0.5) is 0 Å². The summed E-state index contributed by atoms with van der Waals surface area (Å²) in [5.74, 6) is 0.0167. The van der Waals surface area contributed by atoms with Gasteiger partial charge in [-0.15, -0.1) is 0 Å². The number of fused-ring (bicyclic) bond motifs is 1. The number of piperidine rings is 1. The maximum atomic E-state index is 12.7. The Morgan fingerprint density at radius 3 is 2.67 bits per heavy atom. The standard InChI is InChI=1S/C21H24N4O2/c1-16-4-6-17(7-5-16)13-21(27)8-11-24(12-9-21)19(26)15-25-20-18(14-23-25)3-2-10-22-20/h2-7,10,14,27H,8-9,11-13,15H2,1H3. The first-order valence-electron chi connectivity index (χ1n) is 9.35. The van der Waals surface area contributed by atoms with Crippen LogP contribution in [-0.4, -0.2) is 49.4 Å². The summed E-state index contributed by atoms with van der Waals surface area (Å²) in [6, 6.07) is 12.1. The second-order valence-electron chi connectivity index (χ2n) is 7.49. The summed E-state index contributed by atoms with van der Waals surface area (Å²) >= 11 is 0. The van der Waals surface area contributed by atoms with Gasteiger partial charge in [-0.3, -0.25) is 4.79 Å². The molecule has 6 nitrogen and oxygen atoms in total. The summed E-state index contributed by atoms with van der Waals surface area (Å²) in [4.78, 5) is 18.8. The third kappa shape index (κ3) is 3.85. The number of aromatic nitrogens is 3. The van der Waals surface area contributed by atoms with Crippen molar-refractivity contribution in [3.63, 3.8) is 0 Å². The molecule has 1 amide bonds. The zero-order chi connectivity index (χ0) is 18.9. The predicted molar refractivity (Wildman–Crippen MR) is 103 cm³/mol. The number of benzene rings is 1. The van der Waals surface area contributed by atoms with Gasteiger partial charge in [0.1, 0.15) is 6.54 Å². The average molecular weight is 364 g/mol. The predicted octanol–water partition coefficient (Wildman–Crippen LogP) is 2.34. The van der Waals surface area contributed by atoms with Crippen LogP contribution in [0, 0.1) is 6.92 Å². The highest BCUT2D eigenvalue weighted by Crippen LogP contribution is 2.27. The van der Waals surface area contributed by atoms with Crippen LogP contribution in [0.1, 0.15) is 24.0 Å². The van der Waals surface area contributed by atoms with Gasteiger partial charge >= 0.3 is 0 Å². The maximum absolute atomic E-state index is 12.7. The van der Waals surface area contributed by atoms with Crippen LogP contribution < -0.4 is 0 Å². The van der Waals surface area contributed by atoms with E-state index >= 15 is 0 Å². The van der Waals surface area contributed by atoms with Crippen molar-refractivity contribution in [3.8, 4) is 0 Å². The van der Waals surface area contributed by atoms with E-state index in [9.17, 15) is 9.90 Å². The van der Waals surface area contributed by atoms with Crippen LogP contribution in [0.5, 0.6) is 0 Å². The molecule has 0 bridgehead atoms. The summed E-state index contributed by atoms with van der Waals surface area (Å²) in [6.07, 6.45) is 5.24. The first-order chi connectivity index (χ1) is 13.0. The molecular weight excluding hydrogens is 340 g/mol. The van der Waals surface area contributed by atoms with Crippen LogP contribution >= 0.6 is 0 Å². The highest BCUT2D eigenvalue weighted by molar-refractivity contribution is 5.79. The topological polar surface area (TPSA) is 71.2 Å². The highest BCUT2D eigenvalue weighted by atomic mass is 16.3. The number of rotatable bonds is 4. The van der Waals surface area contributed by atoms with Gasteiger partial charge in [0.25, 0.3) is 0 Å². The Labute approximate surface area is 158 Å². The van der Waals surface area contributed by atoms with E-state index in [-0.39, 0.29) is 12.5 Å². The molecule has 1 fully saturated rings. The molecule has 0 radical (unpaired) electrons. The number of hydrogen-bond acceptors (Lipinski definition) is 4. The molecule has 1 N–H and O–H groups in total. The third-order valence-corrected chi connectivity index (χ3v) is 5.38. The number of aryl methyl sites for hydroxylation is 1. The van der Waals surface area contributed by atoms with Gasteiger partial charge in [-0.05, 0) is 37.5 Å². The smallest absolute Gasteiger partial charge is 0.244 e. The van der Waals surface area contributed by atoms with E-state index in [1.807, 2.05) is 17.0 Å². The van der Waals surface area contributed by atoms with Crippen molar-refractivity contribution < 1.29 is 9.90 Å². The van der Waals surface area contributed by atoms with E-state index in [0.717, 1.165) is 16.6 Å². The lowest BCUT2D eigenvalue weighted by Crippen LogP contribution is -2.48. The molecule has 0 spiro atoms. The lowest BCUT2D eigenvalue weighted by atomic mass is 9.85. The Bertz CT molecular complexity index is 940. The number of likely N-dealkylation sites (tertiary alicyclic amines) is 1. The Balaban J connectivity index is 1.37. The number of nitrogens with zero attached hydrogens (tertiary/aromatic N) is 4. The van der Waals surface area contributed by atoms with Gasteiger partial charge < -0.3 is 10.0 Å². The average Bonchev–Trinajstić information content (AvgIpc) is 3.07. The van der Waals surface area contributed by atoms with E-state index < -0.39 is 5.60 Å². The maximum Gasteiger partial charge on any atom is 0.244 e. The minimum Gasteiger partial charge on any atom is -0.389 e. The highest BCUT2D eigenvalue weighted by Gasteiger charge is 2.34. The van der Waals surface area contributed by atoms with Gasteiger partial charge in [-0.1, -0.05) is 29.8 Å². The van der Waals surface area contributed by atoms with Gasteiger partial charge in [-0.25, -0.2) is 9.67 Å². The fourth-order valence-electron chi connectivity index (χ4n) is 3.69. The van der Waals surface area contributed by atoms with Crippen LogP contribution in [0.15, 0.2) is 48.8 Å². The first kappa shape index (κ1) is 17.7. The number of hydrogen-bond donors (Lipinski definition) is 1. The largest absolute Gasteiger partial charge is 0.389 e. The lowest BCUT2D eigenvalue weighted by molar-refractivity contribution is -0.136. The molecule has 3 heterocycles. The summed E-state index contributed by atoms with van der Waals surface area (Å²) in [5.41, 5.74) is 2.33. The summed E-state index contributed by atoms with van der Waals surface area (Å²) in [6.45, 7) is 3.36. The van der Waals surface area contributed by atoms with E-state index in [2.05, 4.69) is 41.3 Å². The van der Waals surface area contributed by atoms with E-state index in [0.29, 0.717) is 32.4 Å². The van der Waals surface area contributed by atoms with Crippen molar-refractivity contribution in [2.75, 3.05) is 13.1 Å². The first-order valence-corrected chi connectivity index (χ1v) is 9.35. The molecule has 140 valence electrons. The van der Waals surface area contributed by atoms with Gasteiger partial charge in [0.05, 0.1) is 11.8 Å². The Morgan fingerprint density at radius 1 is 1.19 bits per heavy atom. The zero-order valence-corrected chi connectivity index (χ0v) is 15.5. The molecule has 4 rings (SSSR count). The van der Waals surface area contributed by atoms with Gasteiger partial charge in [-0.2, -0.15) is 5.10 Å². The molecule has 6 heteroatoms. The van der Waals surface area contributed by atoms with Crippen molar-refractivity contribution in [2.45, 2.75) is 38.3 Å². The molecule has 27 heavy (non-hydrogen) atoms. The fraction of sp³-hybridized carbons (Fsp3) is 0.381. The molecule has 3 aromatic rings. The molecule has 1 aliphatic heterocycles. The minimum absolute atomic E-state index is 0.0167. The fourth-order valence-corrected chi connectivity index (χ4v) is 3.69. The molecule has 0 saturated carbocycles. The number of pyridine rings is 1. The number of carbonyl (C=O) groups is 1. The molecule has 1 aromatic carbocycles. The summed E-state index contributed by atoms with van der Waals surface area (Å²) < 4.78 is 1.64. The van der Waals surface area contributed by atoms with Gasteiger partial charge in [0.2, 0.25) is 5.91 Å². The molecule has 0 aliphatic carbocycles. The minimum atomic E-state index is -0.744. The molecular formula is C21H24N4O2. The van der Waals surface area contributed by atoms with Crippen LogP contribution in [-0.2, 0) is 17.8 Å². The van der Waals surface area contributed by atoms with Crippen LogP contribution in [0.3, 0.4) is 0 Å². The normalized spacial score (nSPS) is 16.6. The second-order valence-corrected chi connectivity index (χ2v) is 7.49. The molecule has 1 aliphatic rings. The quantitative estimate of drug-likeness (QED) is 0.771. The van der Waals surface area contributed by atoms with Crippen molar-refractivity contribution in [3.05, 3.63) is 59.9 Å². The summed E-state index contributed by atoms with van der Waals surface area (Å²) in [7, 11) is 0. The zero-order valence-electron chi connectivity index (χ0n) is 15.5. The number of aliphatic hydroxyl groups is 1. The van der Waals surface area contributed by atoms with Crippen molar-refractivity contribution in [1.29, 1.82) is 0 Å². The Kier molecular flexibility index (Phi) is 4.66. The third-order valence-electron chi connectivity index (χ3n) is 5.38. The SMILES string of the molecule is Cc1ccc(CC2(O)CCN(C(=O)Cn3ncc4cccnc43)CC2)cc1. The van der Waals surface area contributed by atoms with E-state index in [1.54, 1.807) is 17.1 Å². The van der Waals surface area contributed by atoms with E-state index in [4.69, 9.17) is 0 Å². The molecule has 0 unspecified atom stereocenters. The Morgan fingerprint density at radius 2 is 1.93 bits per heavy atom. The van der Waals surface area contributed by atoms with Crippen molar-refractivity contribution in [2.24, 2.45) is 0 Å². The summed E-state index contributed by atoms with van der Waals surface area (Å²) in [5, 5.41) is 16.1. The van der Waals surface area contributed by atoms with Crippen LogP contribution in [0.2, 0.25) is 0 Å². The molecule has 2 aromatic heterocycles. The number of amides is 1. The van der Waals surface area contributed by atoms with Gasteiger partial charge in [0, 0.05) is 31.1 Å². The van der Waals surface area contributed by atoms with Gasteiger partial charge in [0.15, 0.2) is 5.65 Å². The number of carbonyl (C=O) groups excluding carboxylic acids is 1. The Hall–Kier alpha value is -2.73. The molecule has 0 atom stereocenters. The van der Waals surface area contributed by atoms with Crippen molar-refractivity contribution >= 4 is 16.9 Å². The monoisotopic (exact) mass is 364 g/mol.